The van der Waals surface area contributed by atoms with Crippen molar-refractivity contribution in [2.45, 2.75) is 13.3 Å². The van der Waals surface area contributed by atoms with Crippen LogP contribution >= 0.6 is 0 Å². The smallest absolute Gasteiger partial charge is 0.349 e. The Balaban J connectivity index is 4.02. The Morgan fingerprint density at radius 2 is 2.30 bits per heavy atom. The first-order valence-corrected chi connectivity index (χ1v) is 3.15. The Labute approximate surface area is 59.5 Å². The zero-order valence-electron chi connectivity index (χ0n) is 5.92. The lowest BCUT2D eigenvalue weighted by atomic mass is 10.0. The van der Waals surface area contributed by atoms with Gasteiger partial charge in [0.2, 0.25) is 0 Å². The quantitative estimate of drug-likeness (QED) is 0.488. The van der Waals surface area contributed by atoms with E-state index in [1.54, 1.807) is 0 Å². The van der Waals surface area contributed by atoms with E-state index in [1.807, 2.05) is 6.92 Å². The predicted molar refractivity (Wildman–Crippen MR) is 38.2 cm³/mol. The molecule has 58 valence electrons. The van der Waals surface area contributed by atoms with Gasteiger partial charge in [-0.05, 0) is 6.42 Å². The second-order valence-electron chi connectivity index (χ2n) is 2.06. The van der Waals surface area contributed by atoms with Crippen molar-refractivity contribution >= 4 is 11.7 Å². The monoisotopic (exact) mass is 144 g/mol. The summed E-state index contributed by atoms with van der Waals surface area (Å²) in [6.45, 7) is 2.05. The minimum absolute atomic E-state index is 0.238. The van der Waals surface area contributed by atoms with E-state index in [9.17, 15) is 4.79 Å². The van der Waals surface area contributed by atoms with Crippen LogP contribution in [-0.4, -0.2) is 23.3 Å². The number of carbonyl (C=O) groups is 1. The minimum atomic E-state index is -1.17. The van der Waals surface area contributed by atoms with E-state index in [4.69, 9.17) is 16.2 Å². The summed E-state index contributed by atoms with van der Waals surface area (Å²) in [4.78, 5) is 10.2. The van der Waals surface area contributed by atoms with Crippen LogP contribution < -0.4 is 5.73 Å². The highest BCUT2D eigenvalue weighted by Gasteiger charge is 2.16. The molecule has 0 amide bonds. The molecule has 10 heavy (non-hydrogen) atoms. The summed E-state index contributed by atoms with van der Waals surface area (Å²) < 4.78 is 0. The third kappa shape index (κ3) is 2.14. The number of hydrogen-bond donors (Lipinski definition) is 3. The van der Waals surface area contributed by atoms with Gasteiger partial charge in [-0.3, -0.25) is 5.41 Å². The van der Waals surface area contributed by atoms with Crippen LogP contribution in [0.15, 0.2) is 0 Å². The summed E-state index contributed by atoms with van der Waals surface area (Å²) in [6, 6.07) is 0. The Morgan fingerprint density at radius 3 is 2.40 bits per heavy atom. The molecule has 0 aliphatic rings. The topological polar surface area (TPSA) is 87.2 Å². The Morgan fingerprint density at radius 1 is 1.80 bits per heavy atom. The average molecular weight is 144 g/mol. The van der Waals surface area contributed by atoms with Crippen LogP contribution in [0.25, 0.3) is 0 Å². The fourth-order valence-electron chi connectivity index (χ4n) is 0.663. The van der Waals surface area contributed by atoms with E-state index >= 15 is 0 Å². The Kier molecular flexibility index (Phi) is 3.64. The van der Waals surface area contributed by atoms with E-state index < -0.39 is 5.97 Å². The maximum Gasteiger partial charge on any atom is 0.349 e. The first kappa shape index (κ1) is 9.10. The van der Waals surface area contributed by atoms with Gasteiger partial charge in [-0.1, -0.05) is 6.92 Å². The van der Waals surface area contributed by atoms with Crippen LogP contribution in [0.3, 0.4) is 0 Å². The highest BCUT2D eigenvalue weighted by atomic mass is 16.4. The molecule has 0 spiro atoms. The third-order valence-electron chi connectivity index (χ3n) is 1.42. The number of carboxylic acid groups (broad SMARTS) is 1. The van der Waals surface area contributed by atoms with Crippen molar-refractivity contribution in [3.63, 3.8) is 0 Å². The molecule has 0 aromatic rings. The van der Waals surface area contributed by atoms with Gasteiger partial charge in [-0.2, -0.15) is 0 Å². The van der Waals surface area contributed by atoms with Crippen LogP contribution in [-0.2, 0) is 4.79 Å². The average Bonchev–Trinajstić information content (AvgIpc) is 1.90. The molecule has 4 N–H and O–H groups in total. The normalized spacial score (nSPS) is 12.6. The lowest BCUT2D eigenvalue weighted by molar-refractivity contribution is -0.129. The fourth-order valence-corrected chi connectivity index (χ4v) is 0.663. The molecule has 0 heterocycles. The molecule has 1 atom stereocenters. The number of hydrogen-bond acceptors (Lipinski definition) is 3. The maximum absolute atomic E-state index is 10.2. The van der Waals surface area contributed by atoms with Crippen LogP contribution in [0.5, 0.6) is 0 Å². The highest BCUT2D eigenvalue weighted by Crippen LogP contribution is 2.01. The molecule has 0 radical (unpaired) electrons. The lowest BCUT2D eigenvalue weighted by Crippen LogP contribution is -2.28. The van der Waals surface area contributed by atoms with Gasteiger partial charge in [0.25, 0.3) is 0 Å². The van der Waals surface area contributed by atoms with Crippen LogP contribution in [0, 0.1) is 11.3 Å². The summed E-state index contributed by atoms with van der Waals surface area (Å²) in [6.07, 6.45) is 0.613. The Bertz CT molecular complexity index is 141. The summed E-state index contributed by atoms with van der Waals surface area (Å²) in [5.74, 6) is -1.46. The van der Waals surface area contributed by atoms with E-state index in [2.05, 4.69) is 0 Å². The number of aliphatic carboxylic acids is 1. The van der Waals surface area contributed by atoms with Gasteiger partial charge in [0.05, 0.1) is 0 Å². The molecule has 0 saturated heterocycles. The van der Waals surface area contributed by atoms with Crippen LogP contribution in [0.1, 0.15) is 13.3 Å². The SMILES string of the molecule is CCC(CN)C(=N)C(=O)O. The second kappa shape index (κ2) is 4.00. The van der Waals surface area contributed by atoms with E-state index in [0.29, 0.717) is 6.42 Å². The van der Waals surface area contributed by atoms with Gasteiger partial charge in [-0.15, -0.1) is 0 Å². The van der Waals surface area contributed by atoms with Crippen LogP contribution in [0.4, 0.5) is 0 Å². The number of carboxylic acids is 1. The maximum atomic E-state index is 10.2. The molecule has 0 aromatic carbocycles. The standard InChI is InChI=1S/C6H12N2O2/c1-2-4(3-7)5(8)6(9)10/h4,8H,2-3,7H2,1H3,(H,9,10). The molecule has 0 bridgehead atoms. The van der Waals surface area contributed by atoms with Crippen molar-refractivity contribution in [3.8, 4) is 0 Å². The van der Waals surface area contributed by atoms with Gasteiger partial charge in [0, 0.05) is 12.5 Å². The van der Waals surface area contributed by atoms with Crippen molar-refractivity contribution in [1.29, 1.82) is 5.41 Å². The molecule has 4 heteroatoms. The van der Waals surface area contributed by atoms with Crippen molar-refractivity contribution in [2.24, 2.45) is 11.7 Å². The summed E-state index contributed by atoms with van der Waals surface area (Å²) in [5.41, 5.74) is 4.93. The molecule has 4 nitrogen and oxygen atoms in total. The van der Waals surface area contributed by atoms with Gasteiger partial charge in [0.15, 0.2) is 0 Å². The van der Waals surface area contributed by atoms with E-state index in [1.165, 1.54) is 0 Å². The number of nitrogens with two attached hydrogens (primary N) is 1. The fraction of sp³-hybridized carbons (Fsp3) is 0.667. The highest BCUT2D eigenvalue weighted by molar-refractivity contribution is 6.35. The first-order valence-electron chi connectivity index (χ1n) is 3.15. The lowest BCUT2D eigenvalue weighted by Gasteiger charge is -2.08. The summed E-state index contributed by atoms with van der Waals surface area (Å²) >= 11 is 0. The number of nitrogens with one attached hydrogen (secondary N) is 1. The zero-order valence-corrected chi connectivity index (χ0v) is 5.92. The minimum Gasteiger partial charge on any atom is -0.477 e. The first-order chi connectivity index (χ1) is 4.63. The molecule has 0 rings (SSSR count). The molecule has 0 aliphatic carbocycles. The van der Waals surface area contributed by atoms with Crippen molar-refractivity contribution in [1.82, 2.24) is 0 Å². The molecule has 0 fully saturated rings. The predicted octanol–water partition coefficient (Wildman–Crippen LogP) is 0.0757. The molecule has 0 aromatic heterocycles. The van der Waals surface area contributed by atoms with Gasteiger partial charge in [0.1, 0.15) is 5.71 Å². The molecule has 0 saturated carbocycles. The third-order valence-corrected chi connectivity index (χ3v) is 1.42. The molecular formula is C6H12N2O2. The molecule has 1 unspecified atom stereocenters. The van der Waals surface area contributed by atoms with Crippen LogP contribution in [0.2, 0.25) is 0 Å². The van der Waals surface area contributed by atoms with Gasteiger partial charge >= 0.3 is 5.97 Å². The van der Waals surface area contributed by atoms with E-state index in [-0.39, 0.29) is 18.2 Å². The van der Waals surface area contributed by atoms with Crippen molar-refractivity contribution < 1.29 is 9.90 Å². The van der Waals surface area contributed by atoms with Gasteiger partial charge in [-0.25, -0.2) is 4.79 Å². The molecule has 0 aliphatic heterocycles. The summed E-state index contributed by atoms with van der Waals surface area (Å²) in [7, 11) is 0. The zero-order chi connectivity index (χ0) is 8.15. The van der Waals surface area contributed by atoms with E-state index in [0.717, 1.165) is 0 Å². The van der Waals surface area contributed by atoms with Crippen molar-refractivity contribution in [2.75, 3.05) is 6.54 Å². The summed E-state index contributed by atoms with van der Waals surface area (Å²) in [5, 5.41) is 15.4. The largest absolute Gasteiger partial charge is 0.477 e. The van der Waals surface area contributed by atoms with Gasteiger partial charge < -0.3 is 10.8 Å². The number of rotatable bonds is 4. The second-order valence-corrected chi connectivity index (χ2v) is 2.06. The van der Waals surface area contributed by atoms with Crippen molar-refractivity contribution in [3.05, 3.63) is 0 Å². The Hall–Kier alpha value is -0.900. The molecular weight excluding hydrogens is 132 g/mol.